The molecule has 0 bridgehead atoms. The lowest BCUT2D eigenvalue weighted by Crippen LogP contribution is -2.22. The van der Waals surface area contributed by atoms with E-state index in [9.17, 15) is 4.79 Å². The minimum Gasteiger partial charge on any atom is -0.484 e. The summed E-state index contributed by atoms with van der Waals surface area (Å²) < 4.78 is 5.90. The Balaban J connectivity index is 2.19. The fourth-order valence-corrected chi connectivity index (χ4v) is 2.02. The maximum atomic E-state index is 11.9. The monoisotopic (exact) mass is 284 g/mol. The van der Waals surface area contributed by atoms with Crippen molar-refractivity contribution in [3.63, 3.8) is 0 Å². The van der Waals surface area contributed by atoms with Crippen molar-refractivity contribution in [2.75, 3.05) is 12.3 Å². The van der Waals surface area contributed by atoms with Crippen molar-refractivity contribution in [2.24, 2.45) is 0 Å². The molecule has 0 saturated heterocycles. The number of anilines is 1. The third-order valence-electron chi connectivity index (χ3n) is 3.19. The van der Waals surface area contributed by atoms with Gasteiger partial charge in [-0.05, 0) is 37.6 Å². The molecule has 1 unspecified atom stereocenters. The van der Waals surface area contributed by atoms with E-state index < -0.39 is 0 Å². The minimum atomic E-state index is -0.141. The highest BCUT2D eigenvalue weighted by molar-refractivity contribution is 5.95. The Hall–Kier alpha value is -2.49. The van der Waals surface area contributed by atoms with Gasteiger partial charge in [-0.2, -0.15) is 0 Å². The molecule has 110 valence electrons. The van der Waals surface area contributed by atoms with Crippen LogP contribution in [0.4, 0.5) is 5.69 Å². The smallest absolute Gasteiger partial charge is 0.251 e. The lowest BCUT2D eigenvalue weighted by Gasteiger charge is -2.17. The van der Waals surface area contributed by atoms with Gasteiger partial charge in [-0.15, -0.1) is 0 Å². The van der Waals surface area contributed by atoms with E-state index in [2.05, 4.69) is 5.32 Å². The normalized spacial score (nSPS) is 11.7. The van der Waals surface area contributed by atoms with Gasteiger partial charge in [0.2, 0.25) is 0 Å². The second-order valence-electron chi connectivity index (χ2n) is 4.78. The second kappa shape index (κ2) is 6.79. The fourth-order valence-electron chi connectivity index (χ4n) is 2.02. The van der Waals surface area contributed by atoms with Crippen molar-refractivity contribution in [1.29, 1.82) is 0 Å². The second-order valence-corrected chi connectivity index (χ2v) is 4.78. The highest BCUT2D eigenvalue weighted by Gasteiger charge is 2.12. The number of amides is 1. The molecule has 4 nitrogen and oxygen atoms in total. The summed E-state index contributed by atoms with van der Waals surface area (Å²) in [4.78, 5) is 11.9. The molecule has 0 aromatic heterocycles. The number of nitrogen functional groups attached to an aromatic ring is 1. The molecule has 0 aliphatic rings. The van der Waals surface area contributed by atoms with Crippen LogP contribution in [-0.4, -0.2) is 12.5 Å². The standard InChI is InChI=1S/C17H20N2O2/c1-3-19-17(20)14-9-10-15(18)16(11-14)21-12(2)13-7-5-4-6-8-13/h4-12H,3,18H2,1-2H3,(H,19,20). The maximum absolute atomic E-state index is 11.9. The summed E-state index contributed by atoms with van der Waals surface area (Å²) in [5, 5.41) is 2.76. The summed E-state index contributed by atoms with van der Waals surface area (Å²) in [7, 11) is 0. The Labute approximate surface area is 124 Å². The molecule has 21 heavy (non-hydrogen) atoms. The van der Waals surface area contributed by atoms with Gasteiger partial charge in [-0.1, -0.05) is 30.3 Å². The summed E-state index contributed by atoms with van der Waals surface area (Å²) in [6.07, 6.45) is -0.141. The van der Waals surface area contributed by atoms with Crippen LogP contribution in [0, 0.1) is 0 Å². The number of rotatable bonds is 5. The number of ether oxygens (including phenoxy) is 1. The van der Waals surface area contributed by atoms with Crippen LogP contribution in [0.3, 0.4) is 0 Å². The maximum Gasteiger partial charge on any atom is 0.251 e. The van der Waals surface area contributed by atoms with Gasteiger partial charge < -0.3 is 15.8 Å². The molecule has 0 radical (unpaired) electrons. The quantitative estimate of drug-likeness (QED) is 0.829. The molecule has 2 rings (SSSR count). The topological polar surface area (TPSA) is 64.4 Å². The molecule has 4 heteroatoms. The Morgan fingerprint density at radius 3 is 2.62 bits per heavy atom. The van der Waals surface area contributed by atoms with E-state index in [1.54, 1.807) is 18.2 Å². The van der Waals surface area contributed by atoms with Crippen molar-refractivity contribution >= 4 is 11.6 Å². The van der Waals surface area contributed by atoms with Crippen LogP contribution in [-0.2, 0) is 0 Å². The number of benzene rings is 2. The average Bonchev–Trinajstić information content (AvgIpc) is 2.50. The van der Waals surface area contributed by atoms with Crippen LogP contribution < -0.4 is 15.8 Å². The van der Waals surface area contributed by atoms with E-state index in [1.165, 1.54) is 0 Å². The molecule has 2 aromatic rings. The fraction of sp³-hybridized carbons (Fsp3) is 0.235. The largest absolute Gasteiger partial charge is 0.484 e. The number of hydrogen-bond donors (Lipinski definition) is 2. The van der Waals surface area contributed by atoms with Crippen molar-refractivity contribution in [2.45, 2.75) is 20.0 Å². The summed E-state index contributed by atoms with van der Waals surface area (Å²) >= 11 is 0. The van der Waals surface area contributed by atoms with E-state index in [0.29, 0.717) is 23.5 Å². The third kappa shape index (κ3) is 3.75. The van der Waals surface area contributed by atoms with Crippen LogP contribution in [0.2, 0.25) is 0 Å². The molecule has 0 spiro atoms. The van der Waals surface area contributed by atoms with E-state index in [4.69, 9.17) is 10.5 Å². The molecule has 0 fully saturated rings. The van der Waals surface area contributed by atoms with E-state index >= 15 is 0 Å². The van der Waals surface area contributed by atoms with Gasteiger partial charge in [0.05, 0.1) is 5.69 Å². The Bertz CT molecular complexity index is 611. The van der Waals surface area contributed by atoms with Crippen molar-refractivity contribution in [3.05, 3.63) is 59.7 Å². The Morgan fingerprint density at radius 2 is 1.95 bits per heavy atom. The highest BCUT2D eigenvalue weighted by atomic mass is 16.5. The lowest BCUT2D eigenvalue weighted by molar-refractivity contribution is 0.0955. The Kier molecular flexibility index (Phi) is 4.82. The predicted octanol–water partition coefficient (Wildman–Crippen LogP) is 3.16. The SMILES string of the molecule is CCNC(=O)c1ccc(N)c(OC(C)c2ccccc2)c1. The van der Waals surface area contributed by atoms with E-state index in [-0.39, 0.29) is 12.0 Å². The zero-order valence-electron chi connectivity index (χ0n) is 12.3. The molecule has 0 aliphatic carbocycles. The molecule has 0 aliphatic heterocycles. The molecule has 0 saturated carbocycles. The van der Waals surface area contributed by atoms with Crippen LogP contribution in [0.1, 0.15) is 35.9 Å². The van der Waals surface area contributed by atoms with Crippen molar-refractivity contribution in [1.82, 2.24) is 5.32 Å². The number of nitrogens with one attached hydrogen (secondary N) is 1. The van der Waals surface area contributed by atoms with Gasteiger partial charge in [0.15, 0.2) is 0 Å². The first-order valence-corrected chi connectivity index (χ1v) is 7.01. The van der Waals surface area contributed by atoms with E-state index in [1.807, 2.05) is 44.2 Å². The summed E-state index contributed by atoms with van der Waals surface area (Å²) in [6, 6.07) is 14.9. The first-order chi connectivity index (χ1) is 10.1. The van der Waals surface area contributed by atoms with Crippen LogP contribution in [0.25, 0.3) is 0 Å². The summed E-state index contributed by atoms with van der Waals surface area (Å²) in [5.74, 6) is 0.393. The zero-order valence-corrected chi connectivity index (χ0v) is 12.3. The molecule has 1 amide bonds. The van der Waals surface area contributed by atoms with Gasteiger partial charge in [0.1, 0.15) is 11.9 Å². The van der Waals surface area contributed by atoms with Crippen LogP contribution >= 0.6 is 0 Å². The molecule has 2 aromatic carbocycles. The molecular formula is C17H20N2O2. The predicted molar refractivity (Wildman–Crippen MR) is 84.3 cm³/mol. The van der Waals surface area contributed by atoms with Crippen LogP contribution in [0.15, 0.2) is 48.5 Å². The third-order valence-corrected chi connectivity index (χ3v) is 3.19. The number of carbonyl (C=O) groups is 1. The highest BCUT2D eigenvalue weighted by Crippen LogP contribution is 2.28. The number of hydrogen-bond acceptors (Lipinski definition) is 3. The minimum absolute atomic E-state index is 0.130. The average molecular weight is 284 g/mol. The number of nitrogens with two attached hydrogens (primary N) is 1. The van der Waals surface area contributed by atoms with Crippen molar-refractivity contribution < 1.29 is 9.53 Å². The Morgan fingerprint density at radius 1 is 1.24 bits per heavy atom. The molecule has 3 N–H and O–H groups in total. The van der Waals surface area contributed by atoms with Gasteiger partial charge in [0.25, 0.3) is 5.91 Å². The number of carbonyl (C=O) groups excluding carboxylic acids is 1. The zero-order chi connectivity index (χ0) is 15.2. The van der Waals surface area contributed by atoms with Gasteiger partial charge >= 0.3 is 0 Å². The first-order valence-electron chi connectivity index (χ1n) is 7.01. The summed E-state index contributed by atoms with van der Waals surface area (Å²) in [6.45, 7) is 4.41. The first kappa shape index (κ1) is 14.9. The summed E-state index contributed by atoms with van der Waals surface area (Å²) in [5.41, 5.74) is 8.05. The molecule has 1 atom stereocenters. The van der Waals surface area contributed by atoms with Crippen molar-refractivity contribution in [3.8, 4) is 5.75 Å². The van der Waals surface area contributed by atoms with Gasteiger partial charge in [-0.3, -0.25) is 4.79 Å². The van der Waals surface area contributed by atoms with Gasteiger partial charge in [0, 0.05) is 12.1 Å². The van der Waals surface area contributed by atoms with Crippen LogP contribution in [0.5, 0.6) is 5.75 Å². The van der Waals surface area contributed by atoms with E-state index in [0.717, 1.165) is 5.56 Å². The lowest BCUT2D eigenvalue weighted by atomic mass is 10.1. The molecular weight excluding hydrogens is 264 g/mol. The molecule has 0 heterocycles. The van der Waals surface area contributed by atoms with Gasteiger partial charge in [-0.25, -0.2) is 0 Å².